The van der Waals surface area contributed by atoms with E-state index in [1.54, 1.807) is 36.4 Å². The monoisotopic (exact) mass is 431 g/mol. The number of benzene rings is 3. The fourth-order valence-corrected chi connectivity index (χ4v) is 3.62. The lowest BCUT2D eigenvalue weighted by Gasteiger charge is -2.37. The van der Waals surface area contributed by atoms with Gasteiger partial charge in [0.25, 0.3) is 11.8 Å². The van der Waals surface area contributed by atoms with E-state index in [0.29, 0.717) is 35.8 Å². The minimum absolute atomic E-state index is 0.305. The van der Waals surface area contributed by atoms with E-state index in [0.717, 1.165) is 11.3 Å². The van der Waals surface area contributed by atoms with Crippen molar-refractivity contribution in [2.45, 2.75) is 20.0 Å². The number of hydrogen-bond acceptors (Lipinski definition) is 5. The zero-order valence-electron chi connectivity index (χ0n) is 18.0. The Labute approximate surface area is 186 Å². The Morgan fingerprint density at radius 3 is 2.38 bits per heavy atom. The van der Waals surface area contributed by atoms with Crippen LogP contribution in [-0.4, -0.2) is 30.0 Å². The number of hydrogen-bond donors (Lipinski definition) is 2. The molecule has 0 bridgehead atoms. The van der Waals surface area contributed by atoms with Gasteiger partial charge in [-0.1, -0.05) is 36.4 Å². The molecule has 0 unspecified atom stereocenters. The zero-order valence-corrected chi connectivity index (χ0v) is 18.0. The Morgan fingerprint density at radius 2 is 1.62 bits per heavy atom. The lowest BCUT2D eigenvalue weighted by Crippen LogP contribution is -2.52. The molecule has 1 aliphatic rings. The largest absolute Gasteiger partial charge is 0.494 e. The normalized spacial score (nSPS) is 14.9. The summed E-state index contributed by atoms with van der Waals surface area (Å²) in [6.45, 7) is 4.76. The predicted molar refractivity (Wildman–Crippen MR) is 122 cm³/mol. The van der Waals surface area contributed by atoms with Crippen LogP contribution in [0.2, 0.25) is 0 Å². The van der Waals surface area contributed by atoms with Gasteiger partial charge in [0.15, 0.2) is 0 Å². The lowest BCUT2D eigenvalue weighted by atomic mass is 10.0. The highest BCUT2D eigenvalue weighted by Crippen LogP contribution is 2.33. The summed E-state index contributed by atoms with van der Waals surface area (Å²) in [5.41, 5.74) is 5.12. The van der Waals surface area contributed by atoms with Crippen LogP contribution in [0.25, 0.3) is 0 Å². The number of hydrazine groups is 1. The molecule has 0 saturated heterocycles. The molecule has 2 N–H and O–H groups in total. The molecule has 0 radical (unpaired) electrons. The second-order valence-corrected chi connectivity index (χ2v) is 7.14. The number of carbonyl (C=O) groups is 2. The molecule has 0 aromatic heterocycles. The summed E-state index contributed by atoms with van der Waals surface area (Å²) >= 11 is 0. The summed E-state index contributed by atoms with van der Waals surface area (Å²) in [6, 6.07) is 21.6. The number of fused-ring (bicyclic) bond motifs is 1. The maximum absolute atomic E-state index is 13.4. The Kier molecular flexibility index (Phi) is 6.26. The van der Waals surface area contributed by atoms with E-state index in [4.69, 9.17) is 9.47 Å². The van der Waals surface area contributed by atoms with Crippen molar-refractivity contribution >= 4 is 17.5 Å². The van der Waals surface area contributed by atoms with Gasteiger partial charge < -0.3 is 14.8 Å². The van der Waals surface area contributed by atoms with Crippen molar-refractivity contribution in [2.75, 3.05) is 18.5 Å². The van der Waals surface area contributed by atoms with Crippen LogP contribution in [0.15, 0.2) is 72.8 Å². The van der Waals surface area contributed by atoms with Gasteiger partial charge in [0, 0.05) is 5.69 Å². The summed E-state index contributed by atoms with van der Waals surface area (Å²) in [6.07, 6.45) is -0.601. The van der Waals surface area contributed by atoms with Crippen LogP contribution in [0.1, 0.15) is 46.3 Å². The Hall–Kier alpha value is -4.00. The van der Waals surface area contributed by atoms with Gasteiger partial charge in [-0.3, -0.25) is 15.0 Å². The Morgan fingerprint density at radius 1 is 0.938 bits per heavy atom. The van der Waals surface area contributed by atoms with Gasteiger partial charge in [0.05, 0.1) is 24.3 Å². The van der Waals surface area contributed by atoms with Gasteiger partial charge in [-0.25, -0.2) is 5.01 Å². The summed E-state index contributed by atoms with van der Waals surface area (Å²) in [7, 11) is 0. The molecule has 1 atom stereocenters. The van der Waals surface area contributed by atoms with Crippen LogP contribution in [0, 0.1) is 0 Å². The van der Waals surface area contributed by atoms with Crippen molar-refractivity contribution in [1.29, 1.82) is 0 Å². The summed E-state index contributed by atoms with van der Waals surface area (Å²) in [4.78, 5) is 26.5. The van der Waals surface area contributed by atoms with Crippen molar-refractivity contribution in [3.05, 3.63) is 89.5 Å². The van der Waals surface area contributed by atoms with E-state index in [2.05, 4.69) is 10.7 Å². The number of anilines is 1. The second kappa shape index (κ2) is 9.43. The van der Waals surface area contributed by atoms with Gasteiger partial charge >= 0.3 is 0 Å². The third kappa shape index (κ3) is 4.23. The standard InChI is InChI=1S/C25H25N3O4/c1-3-31-18-15-13-17(14-16-18)23-26-21-11-7-5-9-19(21)25(30)28(23)27-24(29)20-10-6-8-12-22(20)32-4-2/h5-16,23,26H,3-4H2,1-2H3,(H,27,29)/t23-/m0/s1. The first-order chi connectivity index (χ1) is 15.6. The number of para-hydroxylation sites is 2. The first-order valence-corrected chi connectivity index (χ1v) is 10.6. The average molecular weight is 431 g/mol. The van der Waals surface area contributed by atoms with Crippen molar-refractivity contribution in [3.8, 4) is 11.5 Å². The van der Waals surface area contributed by atoms with E-state index in [-0.39, 0.29) is 5.91 Å². The molecule has 0 fully saturated rings. The molecule has 1 heterocycles. The molecule has 7 nitrogen and oxygen atoms in total. The van der Waals surface area contributed by atoms with Crippen LogP contribution in [0.3, 0.4) is 0 Å². The number of nitrogens with zero attached hydrogens (tertiary/aromatic N) is 1. The van der Waals surface area contributed by atoms with Gasteiger partial charge in [0.1, 0.15) is 17.7 Å². The van der Waals surface area contributed by atoms with E-state index in [1.165, 1.54) is 5.01 Å². The topological polar surface area (TPSA) is 79.9 Å². The molecule has 7 heteroatoms. The maximum atomic E-state index is 13.4. The molecule has 2 amide bonds. The average Bonchev–Trinajstić information content (AvgIpc) is 2.82. The van der Waals surface area contributed by atoms with E-state index in [9.17, 15) is 9.59 Å². The molecule has 3 aromatic carbocycles. The number of nitrogens with one attached hydrogen (secondary N) is 2. The molecule has 0 saturated carbocycles. The van der Waals surface area contributed by atoms with Gasteiger partial charge in [-0.2, -0.15) is 0 Å². The molecule has 1 aliphatic heterocycles. The van der Waals surface area contributed by atoms with Crippen LogP contribution < -0.4 is 20.2 Å². The summed E-state index contributed by atoms with van der Waals surface area (Å²) < 4.78 is 11.1. The Balaban J connectivity index is 1.68. The van der Waals surface area contributed by atoms with Crippen molar-refractivity contribution in [2.24, 2.45) is 0 Å². The molecule has 32 heavy (non-hydrogen) atoms. The smallest absolute Gasteiger partial charge is 0.276 e. The van der Waals surface area contributed by atoms with Gasteiger partial charge in [0.2, 0.25) is 0 Å². The van der Waals surface area contributed by atoms with Crippen molar-refractivity contribution in [1.82, 2.24) is 10.4 Å². The quantitative estimate of drug-likeness (QED) is 0.580. The number of ether oxygens (including phenoxy) is 2. The molecule has 164 valence electrons. The highest BCUT2D eigenvalue weighted by Gasteiger charge is 2.34. The fourth-order valence-electron chi connectivity index (χ4n) is 3.62. The summed E-state index contributed by atoms with van der Waals surface area (Å²) in [5, 5.41) is 4.68. The highest BCUT2D eigenvalue weighted by molar-refractivity contribution is 6.04. The first-order valence-electron chi connectivity index (χ1n) is 10.6. The molecule has 3 aromatic rings. The number of rotatable bonds is 7. The minimum Gasteiger partial charge on any atom is -0.494 e. The third-order valence-electron chi connectivity index (χ3n) is 5.09. The lowest BCUT2D eigenvalue weighted by molar-refractivity contribution is 0.0489. The molecular weight excluding hydrogens is 406 g/mol. The maximum Gasteiger partial charge on any atom is 0.276 e. The molecule has 0 spiro atoms. The number of amides is 2. The Bertz CT molecular complexity index is 1110. The zero-order chi connectivity index (χ0) is 22.5. The minimum atomic E-state index is -0.601. The van der Waals surface area contributed by atoms with Crippen LogP contribution in [0.5, 0.6) is 11.5 Å². The molecule has 4 rings (SSSR count). The number of carbonyl (C=O) groups excluding carboxylic acids is 2. The third-order valence-corrected chi connectivity index (χ3v) is 5.09. The molecule has 0 aliphatic carbocycles. The molecular formula is C25H25N3O4. The summed E-state index contributed by atoms with van der Waals surface area (Å²) in [5.74, 6) is 0.461. The van der Waals surface area contributed by atoms with E-state index >= 15 is 0 Å². The van der Waals surface area contributed by atoms with Crippen molar-refractivity contribution < 1.29 is 19.1 Å². The van der Waals surface area contributed by atoms with E-state index in [1.807, 2.05) is 50.2 Å². The highest BCUT2D eigenvalue weighted by atomic mass is 16.5. The van der Waals surface area contributed by atoms with Crippen LogP contribution >= 0.6 is 0 Å². The predicted octanol–water partition coefficient (Wildman–Crippen LogP) is 4.40. The van der Waals surface area contributed by atoms with Crippen LogP contribution in [-0.2, 0) is 0 Å². The van der Waals surface area contributed by atoms with Gasteiger partial charge in [-0.15, -0.1) is 0 Å². The second-order valence-electron chi connectivity index (χ2n) is 7.14. The van der Waals surface area contributed by atoms with Gasteiger partial charge in [-0.05, 0) is 55.8 Å². The fraction of sp³-hybridized carbons (Fsp3) is 0.200. The SMILES string of the molecule is CCOc1ccc([C@H]2Nc3ccccc3C(=O)N2NC(=O)c2ccccc2OCC)cc1. The first kappa shape index (κ1) is 21.2. The van der Waals surface area contributed by atoms with E-state index < -0.39 is 12.1 Å². The van der Waals surface area contributed by atoms with Crippen molar-refractivity contribution in [3.63, 3.8) is 0 Å². The van der Waals surface area contributed by atoms with Crippen LogP contribution in [0.4, 0.5) is 5.69 Å².